The molecule has 17 heavy (non-hydrogen) atoms. The van der Waals surface area contributed by atoms with Crippen LogP contribution in [0, 0.1) is 0 Å². The smallest absolute Gasteiger partial charge is 0.233 e. The van der Waals surface area contributed by atoms with Crippen LogP contribution in [0.2, 0.25) is 0 Å². The normalized spacial score (nSPS) is 10.6. The first-order chi connectivity index (χ1) is 8.11. The first-order valence-corrected chi connectivity index (χ1v) is 6.72. The maximum Gasteiger partial charge on any atom is 0.233 e. The number of benzene rings is 1. The summed E-state index contributed by atoms with van der Waals surface area (Å²) in [5.41, 5.74) is 6.43. The maximum absolute atomic E-state index is 10.9. The lowest BCUT2D eigenvalue weighted by Crippen LogP contribution is -2.31. The van der Waals surface area contributed by atoms with Gasteiger partial charge in [-0.3, -0.25) is 4.79 Å². The molecule has 1 amide bonds. The highest BCUT2D eigenvalue weighted by Gasteiger charge is 2.00. The molecule has 0 aromatic heterocycles. The Morgan fingerprint density at radius 3 is 2.53 bits per heavy atom. The molecule has 1 rings (SSSR count). The van der Waals surface area contributed by atoms with Crippen molar-refractivity contribution in [2.45, 2.75) is 30.4 Å². The van der Waals surface area contributed by atoms with E-state index in [4.69, 9.17) is 5.73 Å². The number of hydrogen-bond acceptors (Lipinski definition) is 3. The summed E-state index contributed by atoms with van der Waals surface area (Å²) in [5.74, 6) is -0.100. The van der Waals surface area contributed by atoms with Crippen LogP contribution in [0.5, 0.6) is 0 Å². The molecule has 0 aliphatic carbocycles. The van der Waals surface area contributed by atoms with E-state index in [0.717, 1.165) is 6.42 Å². The molecule has 0 saturated heterocycles. The van der Waals surface area contributed by atoms with Crippen molar-refractivity contribution in [2.75, 3.05) is 13.1 Å². The Balaban J connectivity index is 2.37. The summed E-state index contributed by atoms with van der Waals surface area (Å²) in [4.78, 5) is 12.2. The lowest BCUT2D eigenvalue weighted by Gasteiger charge is -2.07. The van der Waals surface area contributed by atoms with Crippen molar-refractivity contribution in [2.24, 2.45) is 5.73 Å². The van der Waals surface area contributed by atoms with Crippen molar-refractivity contribution >= 4 is 17.7 Å². The van der Waals surface area contributed by atoms with E-state index in [0.29, 0.717) is 11.8 Å². The Labute approximate surface area is 107 Å². The second-order valence-electron chi connectivity index (χ2n) is 4.11. The molecule has 3 N–H and O–H groups in total. The first-order valence-electron chi connectivity index (χ1n) is 5.84. The highest BCUT2D eigenvalue weighted by molar-refractivity contribution is 7.99. The van der Waals surface area contributed by atoms with Gasteiger partial charge in [-0.25, -0.2) is 0 Å². The SMILES string of the molecule is CC(C)Sc1ccc(CCNC(=O)CN)cc1. The van der Waals surface area contributed by atoms with Gasteiger partial charge in [0.05, 0.1) is 6.54 Å². The van der Waals surface area contributed by atoms with Crippen LogP contribution >= 0.6 is 11.8 Å². The van der Waals surface area contributed by atoms with E-state index < -0.39 is 0 Å². The number of carbonyl (C=O) groups excluding carboxylic acids is 1. The molecule has 0 aliphatic heterocycles. The number of nitrogens with two attached hydrogens (primary N) is 1. The molecule has 0 fully saturated rings. The van der Waals surface area contributed by atoms with Crippen LogP contribution < -0.4 is 11.1 Å². The lowest BCUT2D eigenvalue weighted by molar-refractivity contribution is -0.119. The van der Waals surface area contributed by atoms with Gasteiger partial charge in [-0.05, 0) is 24.1 Å². The fraction of sp³-hybridized carbons (Fsp3) is 0.462. The van der Waals surface area contributed by atoms with Crippen LogP contribution in [0.25, 0.3) is 0 Å². The Morgan fingerprint density at radius 2 is 2.00 bits per heavy atom. The van der Waals surface area contributed by atoms with Gasteiger partial charge in [0.2, 0.25) is 5.91 Å². The zero-order valence-corrected chi connectivity index (χ0v) is 11.2. The van der Waals surface area contributed by atoms with Crippen molar-refractivity contribution in [1.82, 2.24) is 5.32 Å². The van der Waals surface area contributed by atoms with E-state index in [9.17, 15) is 4.79 Å². The molecule has 0 saturated carbocycles. The minimum absolute atomic E-state index is 0.0595. The zero-order chi connectivity index (χ0) is 12.7. The molecule has 0 radical (unpaired) electrons. The van der Waals surface area contributed by atoms with Gasteiger partial charge in [0.25, 0.3) is 0 Å². The van der Waals surface area contributed by atoms with Gasteiger partial charge >= 0.3 is 0 Å². The molecule has 0 bridgehead atoms. The Morgan fingerprint density at radius 1 is 1.35 bits per heavy atom. The lowest BCUT2D eigenvalue weighted by atomic mass is 10.1. The van der Waals surface area contributed by atoms with Crippen LogP contribution in [0.3, 0.4) is 0 Å². The summed E-state index contributed by atoms with van der Waals surface area (Å²) in [6.07, 6.45) is 0.846. The molecule has 0 unspecified atom stereocenters. The van der Waals surface area contributed by atoms with Crippen LogP contribution in [0.4, 0.5) is 0 Å². The Bertz CT molecular complexity index is 349. The highest BCUT2D eigenvalue weighted by atomic mass is 32.2. The predicted molar refractivity (Wildman–Crippen MR) is 73.2 cm³/mol. The average Bonchev–Trinajstić information content (AvgIpc) is 2.30. The molecular weight excluding hydrogens is 232 g/mol. The quantitative estimate of drug-likeness (QED) is 0.759. The average molecular weight is 252 g/mol. The van der Waals surface area contributed by atoms with Crippen molar-refractivity contribution in [3.05, 3.63) is 29.8 Å². The van der Waals surface area contributed by atoms with E-state index >= 15 is 0 Å². The van der Waals surface area contributed by atoms with Gasteiger partial charge < -0.3 is 11.1 Å². The molecule has 0 heterocycles. The van der Waals surface area contributed by atoms with Crippen molar-refractivity contribution < 1.29 is 4.79 Å². The van der Waals surface area contributed by atoms with Gasteiger partial charge in [0.1, 0.15) is 0 Å². The minimum Gasteiger partial charge on any atom is -0.355 e. The van der Waals surface area contributed by atoms with E-state index in [2.05, 4.69) is 43.4 Å². The fourth-order valence-corrected chi connectivity index (χ4v) is 2.26. The van der Waals surface area contributed by atoms with Crippen molar-refractivity contribution in [3.8, 4) is 0 Å². The fourth-order valence-electron chi connectivity index (χ4n) is 1.43. The summed E-state index contributed by atoms with van der Waals surface area (Å²) in [6.45, 7) is 5.07. The van der Waals surface area contributed by atoms with Crippen LogP contribution in [0.1, 0.15) is 19.4 Å². The number of rotatable bonds is 6. The molecule has 0 spiro atoms. The summed E-state index contributed by atoms with van der Waals surface area (Å²) in [7, 11) is 0. The number of hydrogen-bond donors (Lipinski definition) is 2. The molecule has 1 aromatic rings. The van der Waals surface area contributed by atoms with Gasteiger partial charge in [-0.1, -0.05) is 26.0 Å². The van der Waals surface area contributed by atoms with Gasteiger partial charge in [0, 0.05) is 16.7 Å². The molecule has 0 atom stereocenters. The van der Waals surface area contributed by atoms with Gasteiger partial charge in [-0.15, -0.1) is 11.8 Å². The Kier molecular flexibility index (Phi) is 6.08. The monoisotopic (exact) mass is 252 g/mol. The topological polar surface area (TPSA) is 55.1 Å². The predicted octanol–water partition coefficient (Wildman–Crippen LogP) is 1.80. The third-order valence-corrected chi connectivity index (χ3v) is 3.23. The van der Waals surface area contributed by atoms with Crippen LogP contribution in [-0.2, 0) is 11.2 Å². The summed E-state index contributed by atoms with van der Waals surface area (Å²) >= 11 is 1.85. The molecule has 1 aromatic carbocycles. The largest absolute Gasteiger partial charge is 0.355 e. The molecule has 0 aliphatic rings. The maximum atomic E-state index is 10.9. The molecular formula is C13H20N2OS. The number of nitrogens with one attached hydrogen (secondary N) is 1. The second kappa shape index (κ2) is 7.35. The third kappa shape index (κ3) is 5.75. The molecule has 3 nitrogen and oxygen atoms in total. The highest BCUT2D eigenvalue weighted by Crippen LogP contribution is 2.22. The molecule has 94 valence electrons. The second-order valence-corrected chi connectivity index (χ2v) is 5.76. The number of amides is 1. The van der Waals surface area contributed by atoms with E-state index in [1.54, 1.807) is 0 Å². The summed E-state index contributed by atoms with van der Waals surface area (Å²) < 4.78 is 0. The minimum atomic E-state index is -0.100. The number of thioether (sulfide) groups is 1. The van der Waals surface area contributed by atoms with E-state index in [1.807, 2.05) is 11.8 Å². The summed E-state index contributed by atoms with van der Waals surface area (Å²) in [5, 5.41) is 3.36. The zero-order valence-electron chi connectivity index (χ0n) is 10.4. The Hall–Kier alpha value is -1.00. The van der Waals surface area contributed by atoms with Gasteiger partial charge in [0.15, 0.2) is 0 Å². The van der Waals surface area contributed by atoms with Gasteiger partial charge in [-0.2, -0.15) is 0 Å². The van der Waals surface area contributed by atoms with E-state index in [1.165, 1.54) is 10.5 Å². The van der Waals surface area contributed by atoms with E-state index in [-0.39, 0.29) is 12.5 Å². The third-order valence-electron chi connectivity index (χ3n) is 2.22. The summed E-state index contributed by atoms with van der Waals surface area (Å²) in [6, 6.07) is 8.48. The van der Waals surface area contributed by atoms with Crippen molar-refractivity contribution in [3.63, 3.8) is 0 Å². The van der Waals surface area contributed by atoms with Crippen LogP contribution in [0.15, 0.2) is 29.2 Å². The standard InChI is InChI=1S/C13H20N2OS/c1-10(2)17-12-5-3-11(4-6-12)7-8-15-13(16)9-14/h3-6,10H,7-9,14H2,1-2H3,(H,15,16). The number of carbonyl (C=O) groups is 1. The molecule has 4 heteroatoms. The first kappa shape index (κ1) is 14.1. The van der Waals surface area contributed by atoms with Crippen molar-refractivity contribution in [1.29, 1.82) is 0 Å². The van der Waals surface area contributed by atoms with Crippen LogP contribution in [-0.4, -0.2) is 24.2 Å².